The van der Waals surface area contributed by atoms with Gasteiger partial charge in [-0.05, 0) is 40.9 Å². The summed E-state index contributed by atoms with van der Waals surface area (Å²) in [4.78, 5) is 11.5. The van der Waals surface area contributed by atoms with Crippen LogP contribution in [0.1, 0.15) is 41.0 Å². The zero-order valence-corrected chi connectivity index (χ0v) is 12.1. The predicted molar refractivity (Wildman–Crippen MR) is 70.9 cm³/mol. The molecule has 0 fully saturated rings. The van der Waals surface area contributed by atoms with Crippen molar-refractivity contribution < 1.29 is 9.53 Å². The van der Waals surface area contributed by atoms with Gasteiger partial charge in [0, 0.05) is 17.8 Å². The minimum absolute atomic E-state index is 0.135. The van der Waals surface area contributed by atoms with Gasteiger partial charge in [0.15, 0.2) is 0 Å². The maximum atomic E-state index is 11.5. The first-order chi connectivity index (χ1) is 7.24. The Morgan fingerprint density at radius 1 is 1.31 bits per heavy atom. The van der Waals surface area contributed by atoms with E-state index in [1.807, 2.05) is 27.7 Å². The molecule has 2 atom stereocenters. The molecule has 0 aromatic carbocycles. The Hall–Kier alpha value is -0.220. The molecule has 1 N–H and O–H groups in total. The zero-order chi connectivity index (χ0) is 12.8. The Kier molecular flexibility index (Phi) is 7.07. The molecule has 0 aliphatic rings. The average molecular weight is 247 g/mol. The Balaban J connectivity index is 3.87. The van der Waals surface area contributed by atoms with Gasteiger partial charge in [0.25, 0.3) is 0 Å². The maximum Gasteiger partial charge on any atom is 0.307 e. The van der Waals surface area contributed by atoms with E-state index in [-0.39, 0.29) is 17.6 Å². The third-order valence-corrected chi connectivity index (χ3v) is 2.71. The van der Waals surface area contributed by atoms with E-state index < -0.39 is 0 Å². The van der Waals surface area contributed by atoms with Gasteiger partial charge < -0.3 is 10.1 Å². The van der Waals surface area contributed by atoms with Crippen LogP contribution in [0.15, 0.2) is 0 Å². The highest BCUT2D eigenvalue weighted by Gasteiger charge is 2.18. The third kappa shape index (κ3) is 9.04. The van der Waals surface area contributed by atoms with Crippen molar-refractivity contribution in [1.82, 2.24) is 5.32 Å². The van der Waals surface area contributed by atoms with Gasteiger partial charge in [-0.1, -0.05) is 0 Å². The smallest absolute Gasteiger partial charge is 0.307 e. The second kappa shape index (κ2) is 7.17. The molecule has 0 heterocycles. The van der Waals surface area contributed by atoms with Crippen LogP contribution in [0.5, 0.6) is 0 Å². The molecule has 2 unspecified atom stereocenters. The fourth-order valence-corrected chi connectivity index (χ4v) is 2.07. The summed E-state index contributed by atoms with van der Waals surface area (Å²) in [5.74, 6) is 0.919. The van der Waals surface area contributed by atoms with E-state index in [0.29, 0.717) is 12.5 Å². The highest BCUT2D eigenvalue weighted by Crippen LogP contribution is 2.09. The van der Waals surface area contributed by atoms with Gasteiger partial charge in [-0.3, -0.25) is 4.79 Å². The first-order valence-corrected chi connectivity index (χ1v) is 7.11. The van der Waals surface area contributed by atoms with Crippen molar-refractivity contribution in [3.63, 3.8) is 0 Å². The van der Waals surface area contributed by atoms with Crippen molar-refractivity contribution in [2.75, 3.05) is 12.0 Å². The quantitative estimate of drug-likeness (QED) is 0.732. The average Bonchev–Trinajstić information content (AvgIpc) is 1.98. The van der Waals surface area contributed by atoms with Crippen LogP contribution in [0.4, 0.5) is 0 Å². The van der Waals surface area contributed by atoms with Gasteiger partial charge in [-0.2, -0.15) is 11.8 Å². The van der Waals surface area contributed by atoms with Gasteiger partial charge in [0.1, 0.15) is 5.60 Å². The predicted octanol–water partition coefficient (Wildman–Crippen LogP) is 2.45. The number of rotatable bonds is 6. The van der Waals surface area contributed by atoms with Crippen molar-refractivity contribution in [2.45, 2.75) is 58.7 Å². The Labute approximate surface area is 104 Å². The summed E-state index contributed by atoms with van der Waals surface area (Å²) in [5, 5.41) is 3.38. The number of esters is 1. The second-order valence-electron chi connectivity index (χ2n) is 5.21. The molecular formula is C12H25NO2S. The lowest BCUT2D eigenvalue weighted by molar-refractivity contribution is -0.155. The van der Waals surface area contributed by atoms with Crippen LogP contribution in [0, 0.1) is 0 Å². The molecule has 96 valence electrons. The summed E-state index contributed by atoms with van der Waals surface area (Å²) in [5.41, 5.74) is -0.387. The number of nitrogens with one attached hydrogen (secondary N) is 1. The number of hydrogen-bond acceptors (Lipinski definition) is 4. The monoisotopic (exact) mass is 247 g/mol. The standard InChI is InChI=1S/C12H25NO2S/c1-9(13-10(2)8-16-6)7-11(14)15-12(3,4)5/h9-10,13H,7-8H2,1-6H3. The molecule has 0 aliphatic heterocycles. The van der Waals surface area contributed by atoms with Gasteiger partial charge in [0.2, 0.25) is 0 Å². The molecule has 4 heteroatoms. The fraction of sp³-hybridized carbons (Fsp3) is 0.917. The van der Waals surface area contributed by atoms with Gasteiger partial charge in [-0.15, -0.1) is 0 Å². The van der Waals surface area contributed by atoms with Crippen molar-refractivity contribution in [2.24, 2.45) is 0 Å². The Morgan fingerprint density at radius 3 is 2.31 bits per heavy atom. The van der Waals surface area contributed by atoms with E-state index in [0.717, 1.165) is 5.75 Å². The Morgan fingerprint density at radius 2 is 1.88 bits per heavy atom. The van der Waals surface area contributed by atoms with Crippen LogP contribution >= 0.6 is 11.8 Å². The number of carbonyl (C=O) groups is 1. The second-order valence-corrected chi connectivity index (χ2v) is 6.13. The van der Waals surface area contributed by atoms with Gasteiger partial charge in [-0.25, -0.2) is 0 Å². The third-order valence-electron chi connectivity index (χ3n) is 1.88. The number of carbonyl (C=O) groups excluding carboxylic acids is 1. The highest BCUT2D eigenvalue weighted by atomic mass is 32.2. The molecule has 0 saturated carbocycles. The first-order valence-electron chi connectivity index (χ1n) is 5.71. The van der Waals surface area contributed by atoms with E-state index in [1.165, 1.54) is 0 Å². The lowest BCUT2D eigenvalue weighted by Gasteiger charge is -2.23. The highest BCUT2D eigenvalue weighted by molar-refractivity contribution is 7.98. The molecule has 0 aromatic rings. The molecule has 0 aromatic heterocycles. The van der Waals surface area contributed by atoms with Crippen LogP contribution < -0.4 is 5.32 Å². The van der Waals surface area contributed by atoms with E-state index in [1.54, 1.807) is 11.8 Å². The molecular weight excluding hydrogens is 222 g/mol. The molecule has 0 amide bonds. The lowest BCUT2D eigenvalue weighted by Crippen LogP contribution is -2.38. The topological polar surface area (TPSA) is 38.3 Å². The summed E-state index contributed by atoms with van der Waals surface area (Å²) < 4.78 is 5.27. The fourth-order valence-electron chi connectivity index (χ4n) is 1.48. The van der Waals surface area contributed by atoms with E-state index in [9.17, 15) is 4.79 Å². The van der Waals surface area contributed by atoms with Crippen LogP contribution in [0.25, 0.3) is 0 Å². The van der Waals surface area contributed by atoms with Crippen molar-refractivity contribution in [1.29, 1.82) is 0 Å². The molecule has 0 saturated heterocycles. The summed E-state index contributed by atoms with van der Waals surface area (Å²) in [6.45, 7) is 9.81. The number of ether oxygens (including phenoxy) is 1. The molecule has 3 nitrogen and oxygen atoms in total. The summed E-state index contributed by atoms with van der Waals surface area (Å²) >= 11 is 1.80. The van der Waals surface area contributed by atoms with E-state index in [4.69, 9.17) is 4.74 Å². The largest absolute Gasteiger partial charge is 0.460 e. The Bertz CT molecular complexity index is 214. The lowest BCUT2D eigenvalue weighted by atomic mass is 10.1. The SMILES string of the molecule is CSCC(C)NC(C)CC(=O)OC(C)(C)C. The van der Waals surface area contributed by atoms with Crippen LogP contribution in [-0.4, -0.2) is 35.7 Å². The number of hydrogen-bond donors (Lipinski definition) is 1. The minimum atomic E-state index is -0.387. The summed E-state index contributed by atoms with van der Waals surface area (Å²) in [7, 11) is 0. The van der Waals surface area contributed by atoms with Gasteiger partial charge in [0.05, 0.1) is 6.42 Å². The van der Waals surface area contributed by atoms with Crippen LogP contribution in [0.3, 0.4) is 0 Å². The van der Waals surface area contributed by atoms with Gasteiger partial charge >= 0.3 is 5.97 Å². The van der Waals surface area contributed by atoms with E-state index in [2.05, 4.69) is 18.5 Å². The van der Waals surface area contributed by atoms with Crippen molar-refractivity contribution in [3.8, 4) is 0 Å². The summed E-state index contributed by atoms with van der Waals surface area (Å²) in [6, 6.07) is 0.587. The molecule has 0 radical (unpaired) electrons. The van der Waals surface area contributed by atoms with Crippen LogP contribution in [0.2, 0.25) is 0 Å². The minimum Gasteiger partial charge on any atom is -0.460 e. The number of thioether (sulfide) groups is 1. The first kappa shape index (κ1) is 15.8. The normalized spacial score (nSPS) is 15.6. The molecule has 0 rings (SSSR count). The maximum absolute atomic E-state index is 11.5. The molecule has 0 aliphatic carbocycles. The van der Waals surface area contributed by atoms with Crippen molar-refractivity contribution >= 4 is 17.7 Å². The zero-order valence-electron chi connectivity index (χ0n) is 11.3. The van der Waals surface area contributed by atoms with Crippen LogP contribution in [-0.2, 0) is 9.53 Å². The molecule has 0 bridgehead atoms. The van der Waals surface area contributed by atoms with Crippen molar-refractivity contribution in [3.05, 3.63) is 0 Å². The molecule has 0 spiro atoms. The van der Waals surface area contributed by atoms with E-state index >= 15 is 0 Å². The molecule has 16 heavy (non-hydrogen) atoms. The summed E-state index contributed by atoms with van der Waals surface area (Å²) in [6.07, 6.45) is 2.51.